The lowest BCUT2D eigenvalue weighted by atomic mass is 9.87. The first-order valence-electron chi connectivity index (χ1n) is 10.5. The molecule has 164 valence electrons. The summed E-state index contributed by atoms with van der Waals surface area (Å²) in [5, 5.41) is 4.13. The molecule has 1 N–H and O–H groups in total. The maximum absolute atomic E-state index is 12.9. The Hall–Kier alpha value is -1.10. The maximum Gasteiger partial charge on any atom is 0.163 e. The van der Waals surface area contributed by atoms with Crippen molar-refractivity contribution in [2.24, 2.45) is 5.92 Å². The van der Waals surface area contributed by atoms with Crippen LogP contribution in [-0.2, 0) is 19.5 Å². The summed E-state index contributed by atoms with van der Waals surface area (Å²) < 4.78 is 0. The van der Waals surface area contributed by atoms with Gasteiger partial charge in [0, 0.05) is 30.1 Å². The molecule has 2 aliphatic heterocycles. The number of fused-ring (bicyclic) bond motifs is 1. The Morgan fingerprint density at radius 2 is 1.77 bits per heavy atom. The maximum atomic E-state index is 12.9. The summed E-state index contributed by atoms with van der Waals surface area (Å²) in [4.78, 5) is 15.4. The first-order chi connectivity index (χ1) is 13.7. The van der Waals surface area contributed by atoms with Gasteiger partial charge in [-0.3, -0.25) is 9.69 Å². The highest BCUT2D eigenvalue weighted by atomic mass is 35.5. The minimum Gasteiger partial charge on any atom is -0.312 e. The molecule has 0 atom stereocenters. The molecule has 0 aliphatic carbocycles. The molecule has 1 fully saturated rings. The smallest absolute Gasteiger partial charge is 0.163 e. The van der Waals surface area contributed by atoms with Crippen LogP contribution in [0.1, 0.15) is 52.7 Å². The molecule has 2 heterocycles. The predicted molar refractivity (Wildman–Crippen MR) is 129 cm³/mol. The molecule has 2 aromatic carbocycles. The fourth-order valence-corrected chi connectivity index (χ4v) is 4.82. The van der Waals surface area contributed by atoms with E-state index >= 15 is 0 Å². The molecule has 0 aromatic heterocycles. The lowest BCUT2D eigenvalue weighted by Gasteiger charge is -2.32. The molecular weight excluding hydrogens is 439 g/mol. The van der Waals surface area contributed by atoms with Crippen LogP contribution in [0.4, 0.5) is 0 Å². The van der Waals surface area contributed by atoms with E-state index in [0.717, 1.165) is 61.7 Å². The number of nitrogens with one attached hydrogen (secondary N) is 1. The largest absolute Gasteiger partial charge is 0.312 e. The molecule has 2 aliphatic rings. The van der Waals surface area contributed by atoms with Gasteiger partial charge in [0.2, 0.25) is 0 Å². The van der Waals surface area contributed by atoms with Gasteiger partial charge in [-0.1, -0.05) is 41.9 Å². The van der Waals surface area contributed by atoms with Crippen LogP contribution < -0.4 is 5.32 Å². The zero-order valence-electron chi connectivity index (χ0n) is 17.2. The zero-order valence-corrected chi connectivity index (χ0v) is 19.6. The number of carbonyl (C=O) groups excluding carboxylic acids is 1. The Kier molecular flexibility index (Phi) is 10.1. The molecule has 0 radical (unpaired) electrons. The van der Waals surface area contributed by atoms with E-state index in [1.165, 1.54) is 24.0 Å². The molecule has 6 heteroatoms. The van der Waals surface area contributed by atoms with E-state index < -0.39 is 0 Å². The van der Waals surface area contributed by atoms with Gasteiger partial charge >= 0.3 is 0 Å². The predicted octanol–water partition coefficient (Wildman–Crippen LogP) is 5.70. The van der Waals surface area contributed by atoms with E-state index in [1.807, 2.05) is 12.1 Å². The van der Waals surface area contributed by atoms with Crippen molar-refractivity contribution >= 4 is 42.2 Å². The number of halogens is 3. The monoisotopic (exact) mass is 468 g/mol. The second-order valence-corrected chi connectivity index (χ2v) is 8.55. The van der Waals surface area contributed by atoms with Gasteiger partial charge in [0.25, 0.3) is 0 Å². The van der Waals surface area contributed by atoms with Gasteiger partial charge in [0.05, 0.1) is 0 Å². The van der Waals surface area contributed by atoms with Crippen LogP contribution in [-0.4, -0.2) is 30.3 Å². The van der Waals surface area contributed by atoms with Crippen molar-refractivity contribution in [3.63, 3.8) is 0 Å². The Bertz CT molecular complexity index is 821. The van der Waals surface area contributed by atoms with E-state index in [-0.39, 0.29) is 24.8 Å². The van der Waals surface area contributed by atoms with Crippen LogP contribution in [0.25, 0.3) is 0 Å². The third-order valence-corrected chi connectivity index (χ3v) is 6.62. The number of hydrogen-bond donors (Lipinski definition) is 1. The lowest BCUT2D eigenvalue weighted by molar-refractivity contribution is 0.0960. The van der Waals surface area contributed by atoms with Gasteiger partial charge in [-0.2, -0.15) is 0 Å². The molecule has 0 spiro atoms. The van der Waals surface area contributed by atoms with Gasteiger partial charge in [-0.05, 0) is 80.1 Å². The molecule has 3 nitrogen and oxygen atoms in total. The fraction of sp³-hybridized carbons (Fsp3) is 0.458. The van der Waals surface area contributed by atoms with Crippen LogP contribution in [0.15, 0.2) is 42.5 Å². The number of piperidine rings is 1. The minimum atomic E-state index is 0. The zero-order chi connectivity index (χ0) is 19.3. The van der Waals surface area contributed by atoms with Gasteiger partial charge < -0.3 is 5.32 Å². The van der Waals surface area contributed by atoms with Crippen molar-refractivity contribution in [1.29, 1.82) is 0 Å². The quantitative estimate of drug-likeness (QED) is 0.550. The second-order valence-electron chi connectivity index (χ2n) is 8.15. The highest BCUT2D eigenvalue weighted by Crippen LogP contribution is 2.29. The molecule has 0 amide bonds. The summed E-state index contributed by atoms with van der Waals surface area (Å²) in [6.45, 7) is 5.01. The molecule has 0 bridgehead atoms. The molecular formula is C24H31Cl3N2O. The van der Waals surface area contributed by atoms with Crippen molar-refractivity contribution < 1.29 is 4.79 Å². The third kappa shape index (κ3) is 6.21. The first kappa shape index (κ1) is 25.2. The van der Waals surface area contributed by atoms with Crippen molar-refractivity contribution in [2.45, 2.75) is 45.2 Å². The van der Waals surface area contributed by atoms with Crippen LogP contribution >= 0.6 is 36.4 Å². The van der Waals surface area contributed by atoms with E-state index in [0.29, 0.717) is 18.1 Å². The topological polar surface area (TPSA) is 32.3 Å². The van der Waals surface area contributed by atoms with Crippen molar-refractivity contribution in [3.05, 3.63) is 69.7 Å². The molecule has 0 unspecified atom stereocenters. The number of benzene rings is 2. The van der Waals surface area contributed by atoms with Crippen molar-refractivity contribution in [2.75, 3.05) is 19.6 Å². The number of nitrogens with zero attached hydrogens (tertiary/aromatic N) is 1. The summed E-state index contributed by atoms with van der Waals surface area (Å²) in [5.41, 5.74) is 4.59. The summed E-state index contributed by atoms with van der Waals surface area (Å²) in [7, 11) is 0. The Morgan fingerprint density at radius 1 is 1.03 bits per heavy atom. The van der Waals surface area contributed by atoms with Gasteiger partial charge in [-0.15, -0.1) is 24.8 Å². The average molecular weight is 470 g/mol. The number of rotatable bonds is 6. The minimum absolute atomic E-state index is 0. The highest BCUT2D eigenvalue weighted by molar-refractivity contribution is 6.31. The summed E-state index contributed by atoms with van der Waals surface area (Å²) in [6.07, 6.45) is 4.96. The normalized spacial score (nSPS) is 16.8. The van der Waals surface area contributed by atoms with Crippen molar-refractivity contribution in [3.8, 4) is 0 Å². The fourth-order valence-electron chi connectivity index (χ4n) is 4.57. The van der Waals surface area contributed by atoms with Crippen LogP contribution in [0.2, 0.25) is 5.02 Å². The number of Topliss-reactive ketones (excluding diaryl/α,β-unsaturated/α-hetero) is 1. The first-order valence-corrected chi connectivity index (χ1v) is 10.9. The molecule has 1 saturated heterocycles. The average Bonchev–Trinajstić information content (AvgIpc) is 2.74. The second kappa shape index (κ2) is 12.1. The van der Waals surface area contributed by atoms with Crippen LogP contribution in [0.5, 0.6) is 0 Å². The number of ketones is 1. The Labute approximate surface area is 197 Å². The molecule has 0 saturated carbocycles. The number of hydrogen-bond acceptors (Lipinski definition) is 3. The van der Waals surface area contributed by atoms with E-state index in [9.17, 15) is 4.79 Å². The van der Waals surface area contributed by atoms with Crippen LogP contribution in [0.3, 0.4) is 0 Å². The number of likely N-dealkylation sites (tertiary alicyclic amines) is 1. The van der Waals surface area contributed by atoms with Crippen molar-refractivity contribution in [1.82, 2.24) is 10.2 Å². The van der Waals surface area contributed by atoms with E-state index in [4.69, 9.17) is 11.6 Å². The van der Waals surface area contributed by atoms with Gasteiger partial charge in [0.1, 0.15) is 0 Å². The van der Waals surface area contributed by atoms with Gasteiger partial charge in [-0.25, -0.2) is 0 Å². The Morgan fingerprint density at radius 3 is 2.50 bits per heavy atom. The van der Waals surface area contributed by atoms with Gasteiger partial charge in [0.15, 0.2) is 5.78 Å². The summed E-state index contributed by atoms with van der Waals surface area (Å²) in [6, 6.07) is 14.5. The molecule has 4 rings (SSSR count). The Balaban J connectivity index is 0.00000160. The highest BCUT2D eigenvalue weighted by Gasteiger charge is 2.23. The molecule has 2 aromatic rings. The standard InChI is InChI=1S/C24H29ClN2O.2ClH/c25-23-8-7-21(20-10-13-26-16-22(20)23)24(28)9-6-18-11-14-27(15-12-18)17-19-4-2-1-3-5-19;;/h1-5,7-8,18,26H,6,9-17H2;2*1H. The lowest BCUT2D eigenvalue weighted by Crippen LogP contribution is -2.33. The SMILES string of the molecule is Cl.Cl.O=C(CCC1CCN(Cc2ccccc2)CC1)c1ccc(Cl)c2c1CCNC2. The third-order valence-electron chi connectivity index (χ3n) is 6.26. The summed E-state index contributed by atoms with van der Waals surface area (Å²) in [5.74, 6) is 0.960. The summed E-state index contributed by atoms with van der Waals surface area (Å²) >= 11 is 6.33. The number of carbonyl (C=O) groups is 1. The van der Waals surface area contributed by atoms with E-state index in [1.54, 1.807) is 0 Å². The molecule has 30 heavy (non-hydrogen) atoms. The van der Waals surface area contributed by atoms with E-state index in [2.05, 4.69) is 40.5 Å². The van der Waals surface area contributed by atoms with Crippen LogP contribution in [0, 0.1) is 5.92 Å².